The van der Waals surface area contributed by atoms with Crippen molar-refractivity contribution in [1.29, 1.82) is 0 Å². The Morgan fingerprint density at radius 3 is 2.89 bits per heavy atom. The quantitative estimate of drug-likeness (QED) is 0.719. The molecule has 4 heteroatoms. The first-order valence-corrected chi connectivity index (χ1v) is 7.81. The van der Waals surface area contributed by atoms with E-state index in [2.05, 4.69) is 4.90 Å². The minimum absolute atomic E-state index is 0.0600. The smallest absolute Gasteiger partial charge is 0.138 e. The van der Waals surface area contributed by atoms with E-state index in [1.54, 1.807) is 0 Å². The zero-order valence-corrected chi connectivity index (χ0v) is 11.5. The van der Waals surface area contributed by atoms with Crippen molar-refractivity contribution in [1.82, 2.24) is 4.90 Å². The molecule has 106 valence electrons. The van der Waals surface area contributed by atoms with Crippen molar-refractivity contribution in [3.63, 3.8) is 0 Å². The number of ether oxygens (including phenoxy) is 2. The molecule has 4 aliphatic rings. The van der Waals surface area contributed by atoms with E-state index in [1.807, 2.05) is 0 Å². The molecule has 4 atom stereocenters. The van der Waals surface area contributed by atoms with Crippen LogP contribution in [0.3, 0.4) is 0 Å². The summed E-state index contributed by atoms with van der Waals surface area (Å²) in [7, 11) is 0. The first-order chi connectivity index (χ1) is 9.31. The Labute approximate surface area is 114 Å². The normalized spacial score (nSPS) is 47.2. The number of Topliss-reactive ketones (excluding diaryl/α,β-unsaturated/α-hetero) is 1. The fourth-order valence-electron chi connectivity index (χ4n) is 5.01. The van der Waals surface area contributed by atoms with Crippen molar-refractivity contribution in [2.45, 2.75) is 37.8 Å². The summed E-state index contributed by atoms with van der Waals surface area (Å²) in [5.41, 5.74) is -0.0600. The van der Waals surface area contributed by atoms with Gasteiger partial charge >= 0.3 is 0 Å². The third-order valence-electron chi connectivity index (χ3n) is 5.86. The molecule has 0 aromatic rings. The Morgan fingerprint density at radius 2 is 2.05 bits per heavy atom. The van der Waals surface area contributed by atoms with Crippen LogP contribution in [0.5, 0.6) is 0 Å². The monoisotopic (exact) mass is 265 g/mol. The van der Waals surface area contributed by atoms with Gasteiger partial charge in [0.15, 0.2) is 0 Å². The van der Waals surface area contributed by atoms with Gasteiger partial charge in [-0.2, -0.15) is 0 Å². The van der Waals surface area contributed by atoms with Crippen molar-refractivity contribution >= 4 is 5.78 Å². The molecule has 0 radical (unpaired) electrons. The van der Waals surface area contributed by atoms with Crippen LogP contribution >= 0.6 is 0 Å². The number of ketones is 1. The maximum Gasteiger partial charge on any atom is 0.138 e. The SMILES string of the molecule is O=C1CCC2C1COC1(N3CCOCC3)CCCC21. The molecule has 0 N–H and O–H groups in total. The van der Waals surface area contributed by atoms with Crippen LogP contribution in [0.1, 0.15) is 32.1 Å². The summed E-state index contributed by atoms with van der Waals surface area (Å²) in [5, 5.41) is 0. The van der Waals surface area contributed by atoms with E-state index in [0.29, 0.717) is 24.2 Å². The molecule has 0 amide bonds. The number of carbonyl (C=O) groups is 1. The molecule has 2 heterocycles. The third kappa shape index (κ3) is 1.73. The average Bonchev–Trinajstić information content (AvgIpc) is 3.04. The lowest BCUT2D eigenvalue weighted by atomic mass is 9.76. The van der Waals surface area contributed by atoms with Gasteiger partial charge in [-0.05, 0) is 31.6 Å². The third-order valence-corrected chi connectivity index (χ3v) is 5.86. The topological polar surface area (TPSA) is 38.8 Å². The molecule has 4 nitrogen and oxygen atoms in total. The lowest BCUT2D eigenvalue weighted by molar-refractivity contribution is -0.239. The van der Waals surface area contributed by atoms with Gasteiger partial charge in [-0.1, -0.05) is 0 Å². The van der Waals surface area contributed by atoms with Crippen LogP contribution in [0.2, 0.25) is 0 Å². The highest BCUT2D eigenvalue weighted by molar-refractivity contribution is 5.83. The predicted octanol–water partition coefficient (Wildman–Crippen LogP) is 1.44. The van der Waals surface area contributed by atoms with Crippen LogP contribution < -0.4 is 0 Å². The van der Waals surface area contributed by atoms with E-state index in [1.165, 1.54) is 12.8 Å². The molecule has 4 fully saturated rings. The summed E-state index contributed by atoms with van der Waals surface area (Å²) in [4.78, 5) is 14.5. The van der Waals surface area contributed by atoms with Crippen LogP contribution in [0, 0.1) is 17.8 Å². The van der Waals surface area contributed by atoms with Crippen molar-refractivity contribution in [2.24, 2.45) is 17.8 Å². The Morgan fingerprint density at radius 1 is 1.21 bits per heavy atom. The lowest BCUT2D eigenvalue weighted by Gasteiger charge is -2.52. The largest absolute Gasteiger partial charge is 0.379 e. The van der Waals surface area contributed by atoms with Crippen LogP contribution in [0.25, 0.3) is 0 Å². The van der Waals surface area contributed by atoms with E-state index in [9.17, 15) is 4.79 Å². The number of morpholine rings is 1. The molecule has 0 aromatic carbocycles. The molecule has 2 saturated carbocycles. The van der Waals surface area contributed by atoms with E-state index in [4.69, 9.17) is 9.47 Å². The lowest BCUT2D eigenvalue weighted by Crippen LogP contribution is -2.61. The zero-order valence-electron chi connectivity index (χ0n) is 11.5. The number of nitrogens with zero attached hydrogens (tertiary/aromatic N) is 1. The molecule has 0 bridgehead atoms. The number of carbonyl (C=O) groups excluding carboxylic acids is 1. The van der Waals surface area contributed by atoms with E-state index < -0.39 is 0 Å². The minimum Gasteiger partial charge on any atom is -0.379 e. The maximum absolute atomic E-state index is 12.0. The van der Waals surface area contributed by atoms with Crippen molar-refractivity contribution in [2.75, 3.05) is 32.9 Å². The van der Waals surface area contributed by atoms with E-state index in [-0.39, 0.29) is 11.6 Å². The standard InChI is InChI=1S/C15H23NO3/c17-14-4-3-11-12(14)10-19-15(5-1-2-13(11)15)16-6-8-18-9-7-16/h11-13H,1-10H2. The summed E-state index contributed by atoms with van der Waals surface area (Å²) in [6, 6.07) is 0. The van der Waals surface area contributed by atoms with Crippen molar-refractivity contribution in [3.8, 4) is 0 Å². The second-order valence-corrected chi connectivity index (χ2v) is 6.53. The average molecular weight is 265 g/mol. The Balaban J connectivity index is 1.62. The molecular weight excluding hydrogens is 242 g/mol. The fraction of sp³-hybridized carbons (Fsp3) is 0.933. The second kappa shape index (κ2) is 4.54. The van der Waals surface area contributed by atoms with Crippen LogP contribution in [0.15, 0.2) is 0 Å². The van der Waals surface area contributed by atoms with Crippen LogP contribution in [-0.2, 0) is 14.3 Å². The maximum atomic E-state index is 12.0. The molecule has 4 unspecified atom stereocenters. The number of hydrogen-bond donors (Lipinski definition) is 0. The first kappa shape index (κ1) is 12.3. The van der Waals surface area contributed by atoms with Gasteiger partial charge in [0.2, 0.25) is 0 Å². The van der Waals surface area contributed by atoms with Crippen LogP contribution in [0.4, 0.5) is 0 Å². The summed E-state index contributed by atoms with van der Waals surface area (Å²) < 4.78 is 11.9. The van der Waals surface area contributed by atoms with Gasteiger partial charge in [0.05, 0.1) is 19.8 Å². The van der Waals surface area contributed by atoms with Gasteiger partial charge in [-0.15, -0.1) is 0 Å². The molecule has 19 heavy (non-hydrogen) atoms. The minimum atomic E-state index is -0.0600. The molecule has 4 rings (SSSR count). The molecule has 0 aromatic heterocycles. The summed E-state index contributed by atoms with van der Waals surface area (Å²) in [5.74, 6) is 1.83. The van der Waals surface area contributed by atoms with Gasteiger partial charge in [-0.25, -0.2) is 0 Å². The highest BCUT2D eigenvalue weighted by Crippen LogP contribution is 2.54. The molecular formula is C15H23NO3. The van der Waals surface area contributed by atoms with E-state index >= 15 is 0 Å². The van der Waals surface area contributed by atoms with Gasteiger partial charge < -0.3 is 9.47 Å². The summed E-state index contributed by atoms with van der Waals surface area (Å²) >= 11 is 0. The van der Waals surface area contributed by atoms with Gasteiger partial charge in [0, 0.05) is 31.3 Å². The Bertz CT molecular complexity index is 380. The molecule has 2 saturated heterocycles. The Hall–Kier alpha value is -0.450. The fourth-order valence-corrected chi connectivity index (χ4v) is 5.01. The summed E-state index contributed by atoms with van der Waals surface area (Å²) in [6.07, 6.45) is 5.53. The Kier molecular flexibility index (Phi) is 2.94. The molecule has 0 spiro atoms. The van der Waals surface area contributed by atoms with Gasteiger partial charge in [0.1, 0.15) is 11.5 Å². The van der Waals surface area contributed by atoms with E-state index in [0.717, 1.165) is 45.6 Å². The second-order valence-electron chi connectivity index (χ2n) is 6.53. The van der Waals surface area contributed by atoms with Gasteiger partial charge in [-0.3, -0.25) is 9.69 Å². The zero-order chi connectivity index (χ0) is 12.9. The highest BCUT2D eigenvalue weighted by Gasteiger charge is 2.58. The molecule has 2 aliphatic heterocycles. The van der Waals surface area contributed by atoms with Crippen molar-refractivity contribution in [3.05, 3.63) is 0 Å². The van der Waals surface area contributed by atoms with Gasteiger partial charge in [0.25, 0.3) is 0 Å². The number of hydrogen-bond acceptors (Lipinski definition) is 4. The van der Waals surface area contributed by atoms with Crippen LogP contribution in [-0.4, -0.2) is 49.3 Å². The number of rotatable bonds is 1. The predicted molar refractivity (Wildman–Crippen MR) is 69.6 cm³/mol. The first-order valence-electron chi connectivity index (χ1n) is 7.81. The van der Waals surface area contributed by atoms with Crippen molar-refractivity contribution < 1.29 is 14.3 Å². The number of fused-ring (bicyclic) bond motifs is 3. The molecule has 2 aliphatic carbocycles. The highest BCUT2D eigenvalue weighted by atomic mass is 16.5. The summed E-state index contributed by atoms with van der Waals surface area (Å²) in [6.45, 7) is 4.29.